The van der Waals surface area contributed by atoms with Crippen LogP contribution in [0.25, 0.3) is 0 Å². The van der Waals surface area contributed by atoms with Gasteiger partial charge in [-0.05, 0) is 25.0 Å². The molecule has 1 aromatic rings. The molecule has 1 spiro atoms. The van der Waals surface area contributed by atoms with Crippen molar-refractivity contribution in [3.63, 3.8) is 0 Å². The Bertz CT molecular complexity index is 479. The van der Waals surface area contributed by atoms with Gasteiger partial charge < -0.3 is 15.7 Å². The van der Waals surface area contributed by atoms with Crippen molar-refractivity contribution < 1.29 is 9.90 Å². The largest absolute Gasteiger partial charge is 0.506 e. The maximum Gasteiger partial charge on any atom is 0.232 e. The minimum Gasteiger partial charge on any atom is -0.506 e. The number of nitrogens with one attached hydrogen (secondary N) is 2. The van der Waals surface area contributed by atoms with Gasteiger partial charge in [0.1, 0.15) is 11.4 Å². The Morgan fingerprint density at radius 2 is 1.94 bits per heavy atom. The highest BCUT2D eigenvalue weighted by Gasteiger charge is 2.41. The Balaban J connectivity index is 1.95. The topological polar surface area (TPSA) is 61.4 Å². The maximum atomic E-state index is 12.4. The van der Waals surface area contributed by atoms with Gasteiger partial charge in [-0.25, -0.2) is 0 Å². The van der Waals surface area contributed by atoms with E-state index in [9.17, 15) is 9.90 Å². The summed E-state index contributed by atoms with van der Waals surface area (Å²) in [4.78, 5) is 12.4. The molecule has 2 aliphatic rings. The quantitative estimate of drug-likeness (QED) is 0.617. The number of hydrogen-bond donors (Lipinski definition) is 3. The second-order valence-corrected chi connectivity index (χ2v) is 5.35. The first-order valence-electron chi connectivity index (χ1n) is 6.59. The second kappa shape index (κ2) is 4.19. The van der Waals surface area contributed by atoms with Gasteiger partial charge in [0.05, 0.1) is 11.1 Å². The van der Waals surface area contributed by atoms with E-state index in [4.69, 9.17) is 0 Å². The van der Waals surface area contributed by atoms with Gasteiger partial charge in [-0.1, -0.05) is 25.3 Å². The molecular formula is C14H18N2O2. The fourth-order valence-corrected chi connectivity index (χ4v) is 3.06. The molecule has 0 radical (unpaired) electrons. The molecule has 3 rings (SSSR count). The van der Waals surface area contributed by atoms with Gasteiger partial charge in [-0.3, -0.25) is 4.79 Å². The molecule has 1 amide bonds. The molecule has 4 heteroatoms. The van der Waals surface area contributed by atoms with Crippen LogP contribution in [0.5, 0.6) is 5.75 Å². The summed E-state index contributed by atoms with van der Waals surface area (Å²) in [5.41, 5.74) is 1.03. The third kappa shape index (κ3) is 1.72. The van der Waals surface area contributed by atoms with Crippen LogP contribution in [0.3, 0.4) is 0 Å². The first-order valence-corrected chi connectivity index (χ1v) is 6.59. The normalized spacial score (nSPS) is 21.7. The van der Waals surface area contributed by atoms with Crippen molar-refractivity contribution in [2.75, 3.05) is 17.2 Å². The molecule has 1 saturated carbocycles. The lowest BCUT2D eigenvalue weighted by Gasteiger charge is -2.34. The second-order valence-electron chi connectivity index (χ2n) is 5.35. The zero-order chi connectivity index (χ0) is 12.6. The highest BCUT2D eigenvalue weighted by Crippen LogP contribution is 2.42. The van der Waals surface area contributed by atoms with E-state index in [1.807, 2.05) is 6.07 Å². The van der Waals surface area contributed by atoms with Gasteiger partial charge in [-0.15, -0.1) is 0 Å². The number of rotatable bonds is 0. The van der Waals surface area contributed by atoms with Crippen LogP contribution in [-0.4, -0.2) is 17.6 Å². The van der Waals surface area contributed by atoms with Gasteiger partial charge >= 0.3 is 0 Å². The molecule has 96 valence electrons. The highest BCUT2D eigenvalue weighted by molar-refractivity contribution is 6.00. The molecule has 18 heavy (non-hydrogen) atoms. The molecule has 0 atom stereocenters. The smallest absolute Gasteiger partial charge is 0.232 e. The van der Waals surface area contributed by atoms with E-state index < -0.39 is 0 Å². The van der Waals surface area contributed by atoms with Crippen molar-refractivity contribution in [3.8, 4) is 5.75 Å². The molecular weight excluding hydrogens is 228 g/mol. The third-order valence-electron chi connectivity index (χ3n) is 4.19. The summed E-state index contributed by atoms with van der Waals surface area (Å²) >= 11 is 0. The maximum absolute atomic E-state index is 12.4. The summed E-state index contributed by atoms with van der Waals surface area (Å²) in [6.07, 6.45) is 5.29. The van der Waals surface area contributed by atoms with Crippen molar-refractivity contribution in [1.29, 1.82) is 0 Å². The summed E-state index contributed by atoms with van der Waals surface area (Å²) in [6, 6.07) is 5.20. The van der Waals surface area contributed by atoms with Crippen molar-refractivity contribution in [2.45, 2.75) is 32.1 Å². The molecule has 1 aliphatic heterocycles. The van der Waals surface area contributed by atoms with Crippen molar-refractivity contribution in [3.05, 3.63) is 18.2 Å². The third-order valence-corrected chi connectivity index (χ3v) is 4.19. The number of anilines is 2. The molecule has 0 aromatic heterocycles. The summed E-state index contributed by atoms with van der Waals surface area (Å²) in [5.74, 6) is 0.291. The van der Waals surface area contributed by atoms with Crippen LogP contribution < -0.4 is 10.6 Å². The van der Waals surface area contributed by atoms with Gasteiger partial charge in [0.15, 0.2) is 0 Å². The van der Waals surface area contributed by atoms with Crippen LogP contribution in [0.1, 0.15) is 32.1 Å². The van der Waals surface area contributed by atoms with Gasteiger partial charge in [-0.2, -0.15) is 0 Å². The van der Waals surface area contributed by atoms with Gasteiger partial charge in [0.25, 0.3) is 0 Å². The molecule has 0 unspecified atom stereocenters. The Morgan fingerprint density at radius 3 is 2.72 bits per heavy atom. The van der Waals surface area contributed by atoms with E-state index in [1.165, 1.54) is 6.42 Å². The number of carbonyl (C=O) groups excluding carboxylic acids is 1. The van der Waals surface area contributed by atoms with E-state index >= 15 is 0 Å². The number of phenolic OH excluding ortho intramolecular Hbond substituents is 1. The van der Waals surface area contributed by atoms with Crippen molar-refractivity contribution in [2.24, 2.45) is 5.41 Å². The molecule has 0 bridgehead atoms. The van der Waals surface area contributed by atoms with E-state index in [2.05, 4.69) is 10.6 Å². The predicted molar refractivity (Wildman–Crippen MR) is 70.7 cm³/mol. The Labute approximate surface area is 106 Å². The molecule has 3 N–H and O–H groups in total. The number of phenols is 1. The van der Waals surface area contributed by atoms with E-state index in [0.29, 0.717) is 17.9 Å². The van der Waals surface area contributed by atoms with Gasteiger partial charge in [0, 0.05) is 6.54 Å². The van der Waals surface area contributed by atoms with Crippen LogP contribution in [0.4, 0.5) is 11.4 Å². The summed E-state index contributed by atoms with van der Waals surface area (Å²) in [7, 11) is 0. The molecule has 1 aliphatic carbocycles. The lowest BCUT2D eigenvalue weighted by Crippen LogP contribution is -2.41. The fourth-order valence-electron chi connectivity index (χ4n) is 3.06. The number of aromatic hydroxyl groups is 1. The minimum absolute atomic E-state index is 0.0963. The van der Waals surface area contributed by atoms with E-state index in [0.717, 1.165) is 25.7 Å². The first kappa shape index (κ1) is 11.4. The number of carbonyl (C=O) groups is 1. The van der Waals surface area contributed by atoms with Crippen molar-refractivity contribution in [1.82, 2.24) is 0 Å². The summed E-state index contributed by atoms with van der Waals surface area (Å²) in [5, 5.41) is 16.1. The SMILES string of the molecule is O=C1Nc2cccc(O)c2NCC12CCCCC2. The molecule has 1 heterocycles. The summed E-state index contributed by atoms with van der Waals surface area (Å²) < 4.78 is 0. The average Bonchev–Trinajstić information content (AvgIpc) is 2.51. The summed E-state index contributed by atoms with van der Waals surface area (Å²) in [6.45, 7) is 0.614. The lowest BCUT2D eigenvalue weighted by atomic mass is 9.73. The Hall–Kier alpha value is -1.71. The van der Waals surface area contributed by atoms with Crippen LogP contribution >= 0.6 is 0 Å². The number of fused-ring (bicyclic) bond motifs is 1. The molecule has 4 nitrogen and oxygen atoms in total. The van der Waals surface area contributed by atoms with Crippen LogP contribution in [0, 0.1) is 5.41 Å². The number of amides is 1. The fraction of sp³-hybridized carbons (Fsp3) is 0.500. The Morgan fingerprint density at radius 1 is 1.17 bits per heavy atom. The van der Waals surface area contributed by atoms with E-state index in [-0.39, 0.29) is 17.1 Å². The number of benzene rings is 1. The first-order chi connectivity index (χ1) is 8.71. The molecule has 1 fully saturated rings. The predicted octanol–water partition coefficient (Wildman–Crippen LogP) is 2.71. The van der Waals surface area contributed by atoms with Gasteiger partial charge in [0.2, 0.25) is 5.91 Å². The van der Waals surface area contributed by atoms with Crippen LogP contribution in [0.15, 0.2) is 18.2 Å². The zero-order valence-electron chi connectivity index (χ0n) is 10.3. The zero-order valence-corrected chi connectivity index (χ0v) is 10.3. The standard InChI is InChI=1S/C14H18N2O2/c17-11-6-4-5-10-12(11)15-9-14(13(18)16-10)7-2-1-3-8-14/h4-6,15,17H,1-3,7-9H2,(H,16,18). The number of para-hydroxylation sites is 1. The van der Waals surface area contributed by atoms with E-state index in [1.54, 1.807) is 12.1 Å². The molecule has 1 aromatic carbocycles. The average molecular weight is 246 g/mol. The monoisotopic (exact) mass is 246 g/mol. The number of hydrogen-bond acceptors (Lipinski definition) is 3. The van der Waals surface area contributed by atoms with Crippen LogP contribution in [-0.2, 0) is 4.79 Å². The highest BCUT2D eigenvalue weighted by atomic mass is 16.3. The lowest BCUT2D eigenvalue weighted by molar-refractivity contribution is -0.126. The Kier molecular flexibility index (Phi) is 2.65. The minimum atomic E-state index is -0.302. The molecule has 0 saturated heterocycles. The van der Waals surface area contributed by atoms with Crippen LogP contribution in [0.2, 0.25) is 0 Å². The van der Waals surface area contributed by atoms with Crippen molar-refractivity contribution >= 4 is 17.3 Å².